The first-order valence-electron chi connectivity index (χ1n) is 9.42. The zero-order valence-corrected chi connectivity index (χ0v) is 16.8. The predicted molar refractivity (Wildman–Crippen MR) is 112 cm³/mol. The van der Waals surface area contributed by atoms with Crippen molar-refractivity contribution in [2.45, 2.75) is 6.54 Å². The molecular formula is C22H16N4O6. The number of fused-ring (bicyclic) bond motifs is 1. The molecule has 0 bridgehead atoms. The summed E-state index contributed by atoms with van der Waals surface area (Å²) in [7, 11) is 1.37. The number of non-ortho nitro benzene ring substituents is 1. The molecule has 10 heteroatoms. The van der Waals surface area contributed by atoms with Crippen LogP contribution in [0.1, 0.15) is 36.6 Å². The average molecular weight is 432 g/mol. The number of nitro groups is 1. The zero-order chi connectivity index (χ0) is 22.8. The molecule has 3 amide bonds. The van der Waals surface area contributed by atoms with Gasteiger partial charge in [0.05, 0.1) is 35.4 Å². The molecule has 0 saturated carbocycles. The van der Waals surface area contributed by atoms with E-state index in [0.717, 1.165) is 4.90 Å². The summed E-state index contributed by atoms with van der Waals surface area (Å²) in [4.78, 5) is 53.8. The normalized spacial score (nSPS) is 12.5. The minimum Gasteiger partial charge on any atom is -0.495 e. The van der Waals surface area contributed by atoms with Gasteiger partial charge in [-0.2, -0.15) is 0 Å². The van der Waals surface area contributed by atoms with Gasteiger partial charge >= 0.3 is 0 Å². The average Bonchev–Trinajstić information content (AvgIpc) is 3.04. The summed E-state index contributed by atoms with van der Waals surface area (Å²) in [5, 5.41) is 13.6. The Morgan fingerprint density at radius 3 is 2.59 bits per heavy atom. The molecule has 0 unspecified atom stereocenters. The Morgan fingerprint density at radius 2 is 1.91 bits per heavy atom. The van der Waals surface area contributed by atoms with Crippen molar-refractivity contribution in [3.8, 4) is 5.75 Å². The van der Waals surface area contributed by atoms with Crippen LogP contribution in [-0.2, 0) is 6.54 Å². The SMILES string of the molecule is COc1ccc([N+](=O)[O-])cc1NC(=O)c1ccc2c(c1)C(=O)N(Cc1cccnc1)C2=O. The Bertz CT molecular complexity index is 1260. The van der Waals surface area contributed by atoms with E-state index in [4.69, 9.17) is 4.74 Å². The number of nitro benzene ring substituents is 1. The van der Waals surface area contributed by atoms with E-state index < -0.39 is 22.6 Å². The van der Waals surface area contributed by atoms with Gasteiger partial charge in [-0.15, -0.1) is 0 Å². The fourth-order valence-corrected chi connectivity index (χ4v) is 3.35. The molecule has 32 heavy (non-hydrogen) atoms. The van der Waals surface area contributed by atoms with E-state index in [9.17, 15) is 24.5 Å². The molecule has 160 valence electrons. The van der Waals surface area contributed by atoms with Crippen molar-refractivity contribution in [2.75, 3.05) is 12.4 Å². The molecule has 0 fully saturated rings. The van der Waals surface area contributed by atoms with Crippen molar-refractivity contribution in [3.05, 3.63) is 93.3 Å². The Hall–Kier alpha value is -4.60. The fraction of sp³-hybridized carbons (Fsp3) is 0.0909. The van der Waals surface area contributed by atoms with Crippen LogP contribution in [0.2, 0.25) is 0 Å². The highest BCUT2D eigenvalue weighted by Crippen LogP contribution is 2.30. The lowest BCUT2D eigenvalue weighted by atomic mass is 10.1. The van der Waals surface area contributed by atoms with Crippen molar-refractivity contribution >= 4 is 29.1 Å². The second-order valence-electron chi connectivity index (χ2n) is 6.91. The van der Waals surface area contributed by atoms with E-state index in [1.54, 1.807) is 24.5 Å². The van der Waals surface area contributed by atoms with Crippen LogP contribution in [0.3, 0.4) is 0 Å². The number of aromatic nitrogens is 1. The third kappa shape index (κ3) is 3.76. The van der Waals surface area contributed by atoms with Crippen molar-refractivity contribution in [3.63, 3.8) is 0 Å². The smallest absolute Gasteiger partial charge is 0.271 e. The minimum atomic E-state index is -0.613. The van der Waals surface area contributed by atoms with Gasteiger partial charge in [-0.05, 0) is 35.9 Å². The van der Waals surface area contributed by atoms with Crippen molar-refractivity contribution in [2.24, 2.45) is 0 Å². The molecule has 2 aromatic carbocycles. The third-order valence-corrected chi connectivity index (χ3v) is 4.94. The fourth-order valence-electron chi connectivity index (χ4n) is 3.35. The monoisotopic (exact) mass is 432 g/mol. The number of ether oxygens (including phenoxy) is 1. The number of rotatable bonds is 6. The van der Waals surface area contributed by atoms with Crippen LogP contribution in [-0.4, -0.2) is 39.6 Å². The number of nitrogens with one attached hydrogen (secondary N) is 1. The maximum atomic E-state index is 12.8. The Kier molecular flexibility index (Phi) is 5.34. The van der Waals surface area contributed by atoms with Crippen molar-refractivity contribution < 1.29 is 24.0 Å². The quantitative estimate of drug-likeness (QED) is 0.360. The van der Waals surface area contributed by atoms with Crippen LogP contribution in [0.25, 0.3) is 0 Å². The molecule has 0 saturated heterocycles. The number of pyridine rings is 1. The van der Waals surface area contributed by atoms with Crippen LogP contribution in [0.4, 0.5) is 11.4 Å². The Balaban J connectivity index is 1.59. The van der Waals surface area contributed by atoms with Gasteiger partial charge in [0.25, 0.3) is 23.4 Å². The lowest BCUT2D eigenvalue weighted by molar-refractivity contribution is -0.384. The standard InChI is InChI=1S/C22H16N4O6/c1-32-19-7-5-15(26(30)31)10-18(19)24-20(27)14-4-6-16-17(9-14)22(29)25(21(16)28)12-13-3-2-8-23-11-13/h2-11H,12H2,1H3,(H,24,27). The Morgan fingerprint density at radius 1 is 1.12 bits per heavy atom. The molecule has 0 radical (unpaired) electrons. The molecule has 0 aliphatic carbocycles. The second-order valence-corrected chi connectivity index (χ2v) is 6.91. The predicted octanol–water partition coefficient (Wildman–Crippen LogP) is 3.05. The van der Waals surface area contributed by atoms with Crippen LogP contribution in [0.15, 0.2) is 60.9 Å². The van der Waals surface area contributed by atoms with Gasteiger partial charge in [-0.3, -0.25) is 34.4 Å². The summed E-state index contributed by atoms with van der Waals surface area (Å²) in [5.74, 6) is -1.35. The molecule has 4 rings (SSSR count). The second kappa shape index (κ2) is 8.26. The lowest BCUT2D eigenvalue weighted by Gasteiger charge is -2.13. The summed E-state index contributed by atoms with van der Waals surface area (Å²) in [6.07, 6.45) is 3.15. The number of nitrogens with zero attached hydrogens (tertiary/aromatic N) is 3. The van der Waals surface area contributed by atoms with Crippen LogP contribution < -0.4 is 10.1 Å². The lowest BCUT2D eigenvalue weighted by Crippen LogP contribution is -2.29. The van der Waals surface area contributed by atoms with E-state index in [1.807, 2.05) is 0 Å². The number of carbonyl (C=O) groups excluding carboxylic acids is 3. The summed E-state index contributed by atoms with van der Waals surface area (Å²) < 4.78 is 5.14. The first kappa shape index (κ1) is 20.7. The van der Waals surface area contributed by atoms with Crippen LogP contribution >= 0.6 is 0 Å². The van der Waals surface area contributed by atoms with E-state index in [2.05, 4.69) is 10.3 Å². The number of anilines is 1. The van der Waals surface area contributed by atoms with Crippen LogP contribution in [0, 0.1) is 10.1 Å². The first-order chi connectivity index (χ1) is 15.4. The Labute approximate surface area is 181 Å². The van der Waals surface area contributed by atoms with E-state index >= 15 is 0 Å². The number of carbonyl (C=O) groups is 3. The van der Waals surface area contributed by atoms with Gasteiger partial charge in [0.2, 0.25) is 0 Å². The highest BCUT2D eigenvalue weighted by molar-refractivity contribution is 6.22. The maximum Gasteiger partial charge on any atom is 0.271 e. The number of methoxy groups -OCH3 is 1. The van der Waals surface area contributed by atoms with Gasteiger partial charge in [-0.25, -0.2) is 0 Å². The number of hydrogen-bond acceptors (Lipinski definition) is 7. The van der Waals surface area contributed by atoms with Gasteiger partial charge in [-0.1, -0.05) is 6.07 Å². The third-order valence-electron chi connectivity index (χ3n) is 4.94. The summed E-state index contributed by atoms with van der Waals surface area (Å²) in [6, 6.07) is 11.4. The topological polar surface area (TPSA) is 132 Å². The molecule has 1 N–H and O–H groups in total. The minimum absolute atomic E-state index is 0.0621. The van der Waals surface area contributed by atoms with Gasteiger partial charge in [0.15, 0.2) is 0 Å². The van der Waals surface area contributed by atoms with Crippen molar-refractivity contribution in [1.29, 1.82) is 0 Å². The molecule has 1 aliphatic rings. The molecule has 3 aromatic rings. The highest BCUT2D eigenvalue weighted by Gasteiger charge is 2.36. The van der Waals surface area contributed by atoms with Gasteiger partial charge < -0.3 is 10.1 Å². The summed E-state index contributed by atoms with van der Waals surface area (Å²) in [6.45, 7) is 0.0621. The number of hydrogen-bond donors (Lipinski definition) is 1. The molecular weight excluding hydrogens is 416 g/mol. The molecule has 0 spiro atoms. The highest BCUT2D eigenvalue weighted by atomic mass is 16.6. The molecule has 0 atom stereocenters. The largest absolute Gasteiger partial charge is 0.495 e. The van der Waals surface area contributed by atoms with Gasteiger partial charge in [0, 0.05) is 30.1 Å². The van der Waals surface area contributed by atoms with Gasteiger partial charge in [0.1, 0.15) is 5.75 Å². The van der Waals surface area contributed by atoms with E-state index in [0.29, 0.717) is 5.56 Å². The molecule has 2 heterocycles. The number of imide groups is 1. The van der Waals surface area contributed by atoms with Crippen LogP contribution in [0.5, 0.6) is 5.75 Å². The zero-order valence-electron chi connectivity index (χ0n) is 16.8. The van der Waals surface area contributed by atoms with E-state index in [-0.39, 0.29) is 40.4 Å². The molecule has 1 aliphatic heterocycles. The number of benzene rings is 2. The first-order valence-corrected chi connectivity index (χ1v) is 9.42. The molecule has 10 nitrogen and oxygen atoms in total. The maximum absolute atomic E-state index is 12.8. The molecule has 1 aromatic heterocycles. The number of amides is 3. The van der Waals surface area contributed by atoms with Crippen molar-refractivity contribution in [1.82, 2.24) is 9.88 Å². The summed E-state index contributed by atoms with van der Waals surface area (Å²) >= 11 is 0. The summed E-state index contributed by atoms with van der Waals surface area (Å²) in [5.41, 5.74) is 0.995. The van der Waals surface area contributed by atoms with E-state index in [1.165, 1.54) is 43.5 Å².